The smallest absolute Gasteiger partial charge is 0.0431 e. The summed E-state index contributed by atoms with van der Waals surface area (Å²) in [7, 11) is 0. The zero-order chi connectivity index (χ0) is 12.2. The molecule has 15 heavy (non-hydrogen) atoms. The summed E-state index contributed by atoms with van der Waals surface area (Å²) < 4.78 is 0. The van der Waals surface area contributed by atoms with E-state index in [4.69, 9.17) is 5.10 Å². The van der Waals surface area contributed by atoms with Crippen LogP contribution in [0.5, 0.6) is 0 Å². The number of hydrogen-bond donors (Lipinski definition) is 0. The number of nitrogens with zero attached hydrogens (tertiary/aromatic N) is 2. The summed E-state index contributed by atoms with van der Waals surface area (Å²) >= 11 is 0. The highest BCUT2D eigenvalue weighted by Gasteiger charge is 2.16. The lowest BCUT2D eigenvalue weighted by Crippen LogP contribution is -2.34. The third kappa shape index (κ3) is 4.67. The molecule has 0 aliphatic heterocycles. The van der Waals surface area contributed by atoms with E-state index >= 15 is 0 Å². The molecule has 0 aromatic carbocycles. The first-order valence-corrected chi connectivity index (χ1v) is 6.14. The lowest BCUT2D eigenvalue weighted by atomic mass is 9.98. The van der Waals surface area contributed by atoms with Gasteiger partial charge in [-0.25, -0.2) is 0 Å². The van der Waals surface area contributed by atoms with Gasteiger partial charge in [0.15, 0.2) is 0 Å². The molecule has 0 atom stereocenters. The fraction of sp³-hybridized carbons (Fsp3) is 0.923. The first kappa shape index (κ1) is 14.5. The molecule has 0 aliphatic carbocycles. The normalized spacial score (nSPS) is 11.7. The molecule has 0 rings (SSSR count). The average molecular weight is 212 g/mol. The molecule has 0 heterocycles. The second-order valence-electron chi connectivity index (χ2n) is 5.40. The first-order valence-electron chi connectivity index (χ1n) is 6.14. The quantitative estimate of drug-likeness (QED) is 0.500. The Morgan fingerprint density at radius 3 is 1.27 bits per heavy atom. The molecule has 0 aliphatic rings. The first-order chi connectivity index (χ1) is 6.77. The fourth-order valence-electron chi connectivity index (χ4n) is 1.86. The van der Waals surface area contributed by atoms with E-state index in [9.17, 15) is 0 Å². The second kappa shape index (κ2) is 6.14. The summed E-state index contributed by atoms with van der Waals surface area (Å²) in [6.45, 7) is 17.7. The van der Waals surface area contributed by atoms with Crippen molar-refractivity contribution in [3.63, 3.8) is 0 Å². The maximum absolute atomic E-state index is 4.82. The third-order valence-corrected chi connectivity index (χ3v) is 2.47. The number of rotatable bonds is 5. The molecular weight excluding hydrogens is 184 g/mol. The summed E-state index contributed by atoms with van der Waals surface area (Å²) in [6, 6.07) is 0.940. The average Bonchev–Trinajstić information content (AvgIpc) is 2.01. The highest BCUT2D eigenvalue weighted by atomic mass is 15.5. The molecule has 0 radical (unpaired) electrons. The lowest BCUT2D eigenvalue weighted by molar-refractivity contribution is 0.181. The molecule has 0 saturated carbocycles. The topological polar surface area (TPSA) is 15.6 Å². The van der Waals surface area contributed by atoms with E-state index < -0.39 is 0 Å². The standard InChI is InChI=1S/C13H28N2/c1-9(2)13(10(3)4)14-15(11(5)6)12(7)8/h9-12H,1-8H3. The summed E-state index contributed by atoms with van der Waals surface area (Å²) in [5, 5.41) is 7.03. The molecule has 0 N–H and O–H groups in total. The van der Waals surface area contributed by atoms with Gasteiger partial charge in [-0.05, 0) is 39.5 Å². The van der Waals surface area contributed by atoms with Crippen LogP contribution in [0.1, 0.15) is 55.4 Å². The van der Waals surface area contributed by atoms with Gasteiger partial charge in [0.1, 0.15) is 0 Å². The molecule has 2 nitrogen and oxygen atoms in total. The molecular formula is C13H28N2. The fourth-order valence-corrected chi connectivity index (χ4v) is 1.86. The van der Waals surface area contributed by atoms with E-state index in [1.165, 1.54) is 5.71 Å². The molecule has 0 aromatic heterocycles. The van der Waals surface area contributed by atoms with Crippen LogP contribution in [0.3, 0.4) is 0 Å². The van der Waals surface area contributed by atoms with E-state index in [0.717, 1.165) is 0 Å². The predicted molar refractivity (Wildman–Crippen MR) is 69.2 cm³/mol. The van der Waals surface area contributed by atoms with E-state index in [-0.39, 0.29) is 0 Å². The predicted octanol–water partition coefficient (Wildman–Crippen LogP) is 3.77. The molecule has 0 aromatic rings. The monoisotopic (exact) mass is 212 g/mol. The Bertz CT molecular complexity index is 185. The van der Waals surface area contributed by atoms with Crippen molar-refractivity contribution in [2.45, 2.75) is 67.5 Å². The van der Waals surface area contributed by atoms with Crippen molar-refractivity contribution in [3.05, 3.63) is 0 Å². The minimum Gasteiger partial charge on any atom is -0.292 e. The summed E-state index contributed by atoms with van der Waals surface area (Å²) in [5.74, 6) is 1.06. The molecule has 2 heteroatoms. The molecule has 0 spiro atoms. The van der Waals surface area contributed by atoms with E-state index in [1.807, 2.05) is 0 Å². The maximum Gasteiger partial charge on any atom is 0.0431 e. The van der Waals surface area contributed by atoms with Crippen molar-refractivity contribution in [2.75, 3.05) is 0 Å². The van der Waals surface area contributed by atoms with Gasteiger partial charge in [-0.2, -0.15) is 5.10 Å². The SMILES string of the molecule is CC(C)C(=NN(C(C)C)C(C)C)C(C)C. The molecule has 0 saturated heterocycles. The summed E-state index contributed by atoms with van der Waals surface area (Å²) in [4.78, 5) is 0. The number of hydrazone groups is 1. The van der Waals surface area contributed by atoms with Gasteiger partial charge in [0.2, 0.25) is 0 Å². The van der Waals surface area contributed by atoms with Gasteiger partial charge in [0.25, 0.3) is 0 Å². The number of hydrogen-bond acceptors (Lipinski definition) is 2. The summed E-state index contributed by atoms with van der Waals surface area (Å²) in [5.41, 5.74) is 1.30. The largest absolute Gasteiger partial charge is 0.292 e. The van der Waals surface area contributed by atoms with Gasteiger partial charge in [-0.3, -0.25) is 5.01 Å². The van der Waals surface area contributed by atoms with Gasteiger partial charge in [0, 0.05) is 17.8 Å². The van der Waals surface area contributed by atoms with E-state index in [0.29, 0.717) is 23.9 Å². The van der Waals surface area contributed by atoms with Crippen molar-refractivity contribution < 1.29 is 0 Å². The zero-order valence-electron chi connectivity index (χ0n) is 11.7. The Labute approximate surface area is 95.7 Å². The van der Waals surface area contributed by atoms with Crippen molar-refractivity contribution in [1.29, 1.82) is 0 Å². The van der Waals surface area contributed by atoms with Crippen molar-refractivity contribution >= 4 is 5.71 Å². The van der Waals surface area contributed by atoms with Gasteiger partial charge in [-0.1, -0.05) is 27.7 Å². The highest BCUT2D eigenvalue weighted by Crippen LogP contribution is 2.13. The Balaban J connectivity index is 4.91. The Hall–Kier alpha value is -0.530. The maximum atomic E-state index is 4.82. The molecule has 0 amide bonds. The van der Waals surface area contributed by atoms with E-state index in [1.54, 1.807) is 0 Å². The second-order valence-corrected chi connectivity index (χ2v) is 5.40. The van der Waals surface area contributed by atoms with Gasteiger partial charge < -0.3 is 0 Å². The van der Waals surface area contributed by atoms with Crippen LogP contribution in [0, 0.1) is 11.8 Å². The lowest BCUT2D eigenvalue weighted by Gasteiger charge is -2.30. The third-order valence-electron chi connectivity index (χ3n) is 2.47. The van der Waals surface area contributed by atoms with Gasteiger partial charge in [0.05, 0.1) is 0 Å². The minimum atomic E-state index is 0.470. The van der Waals surface area contributed by atoms with Gasteiger partial charge in [-0.15, -0.1) is 0 Å². The zero-order valence-corrected chi connectivity index (χ0v) is 11.7. The Morgan fingerprint density at radius 2 is 1.07 bits per heavy atom. The van der Waals surface area contributed by atoms with Crippen LogP contribution in [0.25, 0.3) is 0 Å². The van der Waals surface area contributed by atoms with Crippen molar-refractivity contribution in [2.24, 2.45) is 16.9 Å². The van der Waals surface area contributed by atoms with Crippen LogP contribution in [-0.4, -0.2) is 22.8 Å². The minimum absolute atomic E-state index is 0.470. The molecule has 0 bridgehead atoms. The van der Waals surface area contributed by atoms with Gasteiger partial charge >= 0.3 is 0 Å². The molecule has 0 unspecified atom stereocenters. The van der Waals surface area contributed by atoms with Crippen LogP contribution in [0.2, 0.25) is 0 Å². The Kier molecular flexibility index (Phi) is 5.92. The van der Waals surface area contributed by atoms with Crippen LogP contribution in [-0.2, 0) is 0 Å². The van der Waals surface area contributed by atoms with Crippen LogP contribution in [0.15, 0.2) is 5.10 Å². The highest BCUT2D eigenvalue weighted by molar-refractivity contribution is 5.87. The van der Waals surface area contributed by atoms with Crippen LogP contribution < -0.4 is 0 Å². The molecule has 0 fully saturated rings. The van der Waals surface area contributed by atoms with Crippen molar-refractivity contribution in [1.82, 2.24) is 5.01 Å². The molecule has 90 valence electrons. The van der Waals surface area contributed by atoms with Crippen molar-refractivity contribution in [3.8, 4) is 0 Å². The van der Waals surface area contributed by atoms with Crippen LogP contribution >= 0.6 is 0 Å². The van der Waals surface area contributed by atoms with E-state index in [2.05, 4.69) is 60.4 Å². The Morgan fingerprint density at radius 1 is 0.733 bits per heavy atom. The van der Waals surface area contributed by atoms with Crippen LogP contribution in [0.4, 0.5) is 0 Å². The summed E-state index contributed by atoms with van der Waals surface area (Å²) in [6.07, 6.45) is 0.